The first-order chi connectivity index (χ1) is 12.0. The molecule has 1 atom stereocenters. The molecular weight excluding hydrogens is 338 g/mol. The molecule has 1 aliphatic heterocycles. The maximum atomic E-state index is 12.4. The fourth-order valence-electron chi connectivity index (χ4n) is 2.80. The smallest absolute Gasteiger partial charge is 0.246 e. The summed E-state index contributed by atoms with van der Waals surface area (Å²) in [5.74, 6) is -0.0441. The molecule has 2 aromatic carbocycles. The third kappa shape index (κ3) is 4.12. The predicted molar refractivity (Wildman–Crippen MR) is 101 cm³/mol. The molecule has 1 fully saturated rings. The van der Waals surface area contributed by atoms with Gasteiger partial charge in [0.1, 0.15) is 6.04 Å². The lowest BCUT2D eigenvalue weighted by Gasteiger charge is -2.19. The highest BCUT2D eigenvalue weighted by Gasteiger charge is 2.22. The molecule has 1 aliphatic rings. The number of para-hydroxylation sites is 1. The number of rotatable bonds is 5. The van der Waals surface area contributed by atoms with E-state index in [2.05, 4.69) is 10.6 Å². The molecular formula is C19H20ClN3O2. The topological polar surface area (TPSA) is 61.4 Å². The van der Waals surface area contributed by atoms with Crippen molar-refractivity contribution in [1.82, 2.24) is 0 Å². The lowest BCUT2D eigenvalue weighted by atomic mass is 10.2. The number of anilines is 3. The van der Waals surface area contributed by atoms with Crippen molar-refractivity contribution >= 4 is 40.5 Å². The van der Waals surface area contributed by atoms with Gasteiger partial charge in [0, 0.05) is 24.3 Å². The van der Waals surface area contributed by atoms with E-state index in [1.165, 1.54) is 0 Å². The summed E-state index contributed by atoms with van der Waals surface area (Å²) in [5.41, 5.74) is 2.23. The zero-order valence-corrected chi connectivity index (χ0v) is 14.7. The van der Waals surface area contributed by atoms with Gasteiger partial charge in [-0.05, 0) is 43.7 Å². The summed E-state index contributed by atoms with van der Waals surface area (Å²) in [6.07, 6.45) is 1.47. The third-order valence-electron chi connectivity index (χ3n) is 4.14. The minimum absolute atomic E-state index is 0.140. The molecule has 2 amide bonds. The van der Waals surface area contributed by atoms with Gasteiger partial charge in [-0.1, -0.05) is 29.8 Å². The molecule has 0 aliphatic carbocycles. The van der Waals surface area contributed by atoms with E-state index in [1.807, 2.05) is 36.4 Å². The minimum atomic E-state index is -0.458. The third-order valence-corrected chi connectivity index (χ3v) is 4.47. The Morgan fingerprint density at radius 3 is 2.72 bits per heavy atom. The summed E-state index contributed by atoms with van der Waals surface area (Å²) >= 11 is 6.07. The Balaban J connectivity index is 1.66. The first kappa shape index (κ1) is 17.3. The maximum Gasteiger partial charge on any atom is 0.246 e. The molecule has 25 heavy (non-hydrogen) atoms. The maximum absolute atomic E-state index is 12.4. The van der Waals surface area contributed by atoms with E-state index in [0.29, 0.717) is 17.1 Å². The normalized spacial score (nSPS) is 15.1. The van der Waals surface area contributed by atoms with E-state index in [-0.39, 0.29) is 11.8 Å². The zero-order valence-electron chi connectivity index (χ0n) is 14.0. The number of carbonyl (C=O) groups is 2. The van der Waals surface area contributed by atoms with Gasteiger partial charge in [-0.2, -0.15) is 0 Å². The first-order valence-electron chi connectivity index (χ1n) is 8.27. The average Bonchev–Trinajstić information content (AvgIpc) is 3.03. The largest absolute Gasteiger partial charge is 0.374 e. The molecule has 2 N–H and O–H groups in total. The van der Waals surface area contributed by atoms with Gasteiger partial charge >= 0.3 is 0 Å². The number of carbonyl (C=O) groups excluding carboxylic acids is 2. The Kier molecular flexibility index (Phi) is 5.24. The van der Waals surface area contributed by atoms with Crippen molar-refractivity contribution in [2.75, 3.05) is 22.1 Å². The van der Waals surface area contributed by atoms with Crippen LogP contribution >= 0.6 is 11.6 Å². The highest BCUT2D eigenvalue weighted by molar-refractivity contribution is 6.33. The summed E-state index contributed by atoms with van der Waals surface area (Å²) in [6, 6.07) is 14.2. The van der Waals surface area contributed by atoms with Gasteiger partial charge in [0.15, 0.2) is 0 Å². The van der Waals surface area contributed by atoms with Gasteiger partial charge in [0.05, 0.1) is 10.7 Å². The van der Waals surface area contributed by atoms with Crippen LogP contribution in [0.25, 0.3) is 0 Å². The lowest BCUT2D eigenvalue weighted by Crippen LogP contribution is -2.32. The molecule has 0 saturated carbocycles. The van der Waals surface area contributed by atoms with Crippen molar-refractivity contribution in [3.63, 3.8) is 0 Å². The molecule has 2 aromatic rings. The average molecular weight is 358 g/mol. The van der Waals surface area contributed by atoms with E-state index in [0.717, 1.165) is 24.3 Å². The van der Waals surface area contributed by atoms with Crippen LogP contribution in [0.4, 0.5) is 17.1 Å². The van der Waals surface area contributed by atoms with Crippen molar-refractivity contribution in [3.8, 4) is 0 Å². The Labute approximate surface area is 152 Å². The number of amides is 2. The molecule has 1 saturated heterocycles. The van der Waals surface area contributed by atoms with Crippen LogP contribution in [0.3, 0.4) is 0 Å². The Morgan fingerprint density at radius 1 is 1.20 bits per heavy atom. The summed E-state index contributed by atoms with van der Waals surface area (Å²) < 4.78 is 0. The number of hydrogen-bond donors (Lipinski definition) is 2. The van der Waals surface area contributed by atoms with Gasteiger partial charge in [-0.3, -0.25) is 9.59 Å². The van der Waals surface area contributed by atoms with Crippen molar-refractivity contribution in [2.24, 2.45) is 0 Å². The number of hydrogen-bond acceptors (Lipinski definition) is 3. The van der Waals surface area contributed by atoms with Crippen LogP contribution in [-0.2, 0) is 9.59 Å². The van der Waals surface area contributed by atoms with Gasteiger partial charge in [0.2, 0.25) is 11.8 Å². The van der Waals surface area contributed by atoms with Crippen LogP contribution in [0.15, 0.2) is 48.5 Å². The van der Waals surface area contributed by atoms with Crippen molar-refractivity contribution in [3.05, 3.63) is 53.6 Å². The fourth-order valence-corrected chi connectivity index (χ4v) is 2.99. The number of halogens is 1. The van der Waals surface area contributed by atoms with Gasteiger partial charge in [-0.25, -0.2) is 0 Å². The molecule has 0 bridgehead atoms. The van der Waals surface area contributed by atoms with E-state index in [9.17, 15) is 9.59 Å². The molecule has 130 valence electrons. The fraction of sp³-hybridized carbons (Fsp3) is 0.263. The van der Waals surface area contributed by atoms with Crippen molar-refractivity contribution in [1.29, 1.82) is 0 Å². The van der Waals surface area contributed by atoms with Crippen LogP contribution in [0.1, 0.15) is 19.8 Å². The second-order valence-corrected chi connectivity index (χ2v) is 6.44. The van der Waals surface area contributed by atoms with Crippen LogP contribution in [0, 0.1) is 0 Å². The first-order valence-corrected chi connectivity index (χ1v) is 8.65. The standard InChI is InChI=1S/C19H20ClN3O2/c1-13(19(25)22-17-9-3-2-8-16(17)20)21-14-6-4-7-15(12-14)23-11-5-10-18(23)24/h2-4,6-9,12-13,21H,5,10-11H2,1H3,(H,22,25). The van der Waals surface area contributed by atoms with Gasteiger partial charge in [-0.15, -0.1) is 0 Å². The van der Waals surface area contributed by atoms with E-state index >= 15 is 0 Å². The van der Waals surface area contributed by atoms with Crippen molar-refractivity contribution < 1.29 is 9.59 Å². The lowest BCUT2D eigenvalue weighted by molar-refractivity contribution is -0.117. The monoisotopic (exact) mass is 357 g/mol. The zero-order chi connectivity index (χ0) is 17.8. The number of benzene rings is 2. The van der Waals surface area contributed by atoms with Gasteiger partial charge in [0.25, 0.3) is 0 Å². The minimum Gasteiger partial charge on any atom is -0.374 e. The van der Waals surface area contributed by atoms with Gasteiger partial charge < -0.3 is 15.5 Å². The summed E-state index contributed by atoms with van der Waals surface area (Å²) in [5, 5.41) is 6.47. The molecule has 0 spiro atoms. The molecule has 1 unspecified atom stereocenters. The Hall–Kier alpha value is -2.53. The molecule has 0 radical (unpaired) electrons. The number of nitrogens with one attached hydrogen (secondary N) is 2. The molecule has 6 heteroatoms. The highest BCUT2D eigenvalue weighted by Crippen LogP contribution is 2.25. The van der Waals surface area contributed by atoms with Crippen LogP contribution < -0.4 is 15.5 Å². The SMILES string of the molecule is CC(Nc1cccc(N2CCCC2=O)c1)C(=O)Nc1ccccc1Cl. The van der Waals surface area contributed by atoms with Crippen LogP contribution in [0.2, 0.25) is 5.02 Å². The Morgan fingerprint density at radius 2 is 2.00 bits per heavy atom. The van der Waals surface area contributed by atoms with E-state index in [1.54, 1.807) is 24.0 Å². The number of nitrogens with zero attached hydrogens (tertiary/aromatic N) is 1. The predicted octanol–water partition coefficient (Wildman–Crippen LogP) is 3.91. The van der Waals surface area contributed by atoms with Crippen LogP contribution in [0.5, 0.6) is 0 Å². The quantitative estimate of drug-likeness (QED) is 0.853. The molecule has 5 nitrogen and oxygen atoms in total. The molecule has 3 rings (SSSR count). The van der Waals surface area contributed by atoms with E-state index in [4.69, 9.17) is 11.6 Å². The summed E-state index contributed by atoms with van der Waals surface area (Å²) in [7, 11) is 0. The van der Waals surface area contributed by atoms with E-state index < -0.39 is 6.04 Å². The second kappa shape index (κ2) is 7.57. The summed E-state index contributed by atoms with van der Waals surface area (Å²) in [6.45, 7) is 2.52. The van der Waals surface area contributed by atoms with Crippen molar-refractivity contribution in [2.45, 2.75) is 25.8 Å². The second-order valence-electron chi connectivity index (χ2n) is 6.03. The molecule has 0 aromatic heterocycles. The highest BCUT2D eigenvalue weighted by atomic mass is 35.5. The molecule has 1 heterocycles. The van der Waals surface area contributed by atoms with Crippen LogP contribution in [-0.4, -0.2) is 24.4 Å². The Bertz CT molecular complexity index is 794. The summed E-state index contributed by atoms with van der Waals surface area (Å²) in [4.78, 5) is 26.0.